The van der Waals surface area contributed by atoms with Gasteiger partial charge in [0.05, 0.1) is 11.6 Å². The van der Waals surface area contributed by atoms with Gasteiger partial charge in [-0.05, 0) is 61.9 Å². The Labute approximate surface area is 145 Å². The van der Waals surface area contributed by atoms with Gasteiger partial charge in [0, 0.05) is 22.6 Å². The van der Waals surface area contributed by atoms with Crippen LogP contribution in [0.5, 0.6) is 0 Å². The van der Waals surface area contributed by atoms with Gasteiger partial charge < -0.3 is 4.57 Å². The van der Waals surface area contributed by atoms with Crippen molar-refractivity contribution < 1.29 is 8.78 Å². The number of aryl methyl sites for hydroxylation is 1. The Kier molecular flexibility index (Phi) is 4.49. The first-order chi connectivity index (χ1) is 12.0. The smallest absolute Gasteiger partial charge is 0.131 e. The second kappa shape index (κ2) is 6.74. The van der Waals surface area contributed by atoms with E-state index in [1.54, 1.807) is 36.4 Å². The third kappa shape index (κ3) is 3.22. The number of allylic oxidation sites excluding steroid dienone is 1. The molecule has 0 saturated heterocycles. The zero-order chi connectivity index (χ0) is 18.0. The molecule has 0 amide bonds. The predicted molar refractivity (Wildman–Crippen MR) is 95.1 cm³/mol. The standard InChI is InChI=1S/C21H16F2N2/c1-14-11-16(12-17(13-24)20-5-3-4-6-21(20)23)15(2)25(14)19-9-7-18(22)8-10-19/h3-12H,1-2H3. The van der Waals surface area contributed by atoms with Crippen molar-refractivity contribution in [1.29, 1.82) is 5.26 Å². The third-order valence-electron chi connectivity index (χ3n) is 4.14. The van der Waals surface area contributed by atoms with Crippen LogP contribution in [0.3, 0.4) is 0 Å². The molecule has 3 rings (SSSR count). The van der Waals surface area contributed by atoms with Crippen molar-refractivity contribution in [3.05, 3.63) is 88.7 Å². The van der Waals surface area contributed by atoms with E-state index < -0.39 is 5.82 Å². The van der Waals surface area contributed by atoms with Crippen molar-refractivity contribution in [2.75, 3.05) is 0 Å². The highest BCUT2D eigenvalue weighted by molar-refractivity contribution is 5.90. The molecule has 0 spiro atoms. The van der Waals surface area contributed by atoms with Gasteiger partial charge in [-0.25, -0.2) is 8.78 Å². The first kappa shape index (κ1) is 16.7. The molecule has 0 fully saturated rings. The van der Waals surface area contributed by atoms with Gasteiger partial charge in [-0.1, -0.05) is 18.2 Å². The van der Waals surface area contributed by atoms with E-state index in [-0.39, 0.29) is 17.0 Å². The van der Waals surface area contributed by atoms with Crippen LogP contribution in [0.1, 0.15) is 22.5 Å². The van der Waals surface area contributed by atoms with E-state index in [2.05, 4.69) is 6.07 Å². The number of halogens is 2. The van der Waals surface area contributed by atoms with Crippen molar-refractivity contribution in [2.45, 2.75) is 13.8 Å². The van der Waals surface area contributed by atoms with Crippen LogP contribution in [0.15, 0.2) is 54.6 Å². The van der Waals surface area contributed by atoms with Gasteiger partial charge in [0.1, 0.15) is 11.6 Å². The number of hydrogen-bond acceptors (Lipinski definition) is 1. The van der Waals surface area contributed by atoms with Gasteiger partial charge in [0.25, 0.3) is 0 Å². The van der Waals surface area contributed by atoms with Gasteiger partial charge in [-0.15, -0.1) is 0 Å². The monoisotopic (exact) mass is 334 g/mol. The number of nitrogens with zero attached hydrogens (tertiary/aromatic N) is 2. The Morgan fingerprint density at radius 1 is 1.04 bits per heavy atom. The minimum atomic E-state index is -0.428. The summed E-state index contributed by atoms with van der Waals surface area (Å²) in [6, 6.07) is 16.4. The van der Waals surface area contributed by atoms with Gasteiger partial charge in [-0.3, -0.25) is 0 Å². The summed E-state index contributed by atoms with van der Waals surface area (Å²) in [4.78, 5) is 0. The molecular weight excluding hydrogens is 318 g/mol. The molecule has 0 aliphatic heterocycles. The van der Waals surface area contributed by atoms with Crippen LogP contribution < -0.4 is 0 Å². The van der Waals surface area contributed by atoms with E-state index in [0.29, 0.717) is 0 Å². The minimum Gasteiger partial charge on any atom is -0.318 e. The fraction of sp³-hybridized carbons (Fsp3) is 0.0952. The molecule has 0 atom stereocenters. The lowest BCUT2D eigenvalue weighted by Gasteiger charge is -2.09. The molecule has 0 saturated carbocycles. The fourth-order valence-electron chi connectivity index (χ4n) is 2.93. The number of nitriles is 1. The maximum absolute atomic E-state index is 14.0. The Morgan fingerprint density at radius 2 is 1.72 bits per heavy atom. The van der Waals surface area contributed by atoms with Crippen molar-refractivity contribution >= 4 is 11.6 Å². The summed E-state index contributed by atoms with van der Waals surface area (Å²) < 4.78 is 29.1. The highest BCUT2D eigenvalue weighted by Gasteiger charge is 2.12. The van der Waals surface area contributed by atoms with Crippen LogP contribution in [0.2, 0.25) is 0 Å². The molecule has 0 aliphatic carbocycles. The van der Waals surface area contributed by atoms with Gasteiger partial charge in [0.15, 0.2) is 0 Å². The summed E-state index contributed by atoms with van der Waals surface area (Å²) in [5.74, 6) is -0.722. The number of aromatic nitrogens is 1. The van der Waals surface area contributed by atoms with E-state index >= 15 is 0 Å². The summed E-state index contributed by atoms with van der Waals surface area (Å²) in [6.45, 7) is 3.85. The van der Waals surface area contributed by atoms with Crippen LogP contribution in [-0.2, 0) is 0 Å². The van der Waals surface area contributed by atoms with E-state index in [0.717, 1.165) is 22.6 Å². The number of hydrogen-bond donors (Lipinski definition) is 0. The maximum atomic E-state index is 14.0. The topological polar surface area (TPSA) is 28.7 Å². The summed E-state index contributed by atoms with van der Waals surface area (Å²) in [5.41, 5.74) is 4.03. The maximum Gasteiger partial charge on any atom is 0.131 e. The molecule has 0 unspecified atom stereocenters. The molecule has 1 heterocycles. The summed E-state index contributed by atoms with van der Waals surface area (Å²) in [5, 5.41) is 9.45. The number of benzene rings is 2. The molecule has 2 aromatic carbocycles. The summed E-state index contributed by atoms with van der Waals surface area (Å²) in [6.07, 6.45) is 1.68. The van der Waals surface area contributed by atoms with Gasteiger partial charge >= 0.3 is 0 Å². The molecule has 124 valence electrons. The average Bonchev–Trinajstić information content (AvgIpc) is 2.88. The third-order valence-corrected chi connectivity index (χ3v) is 4.14. The van der Waals surface area contributed by atoms with E-state index in [1.807, 2.05) is 24.5 Å². The summed E-state index contributed by atoms with van der Waals surface area (Å²) in [7, 11) is 0. The van der Waals surface area contributed by atoms with Crippen LogP contribution in [0, 0.1) is 36.8 Å². The largest absolute Gasteiger partial charge is 0.318 e. The Hall–Kier alpha value is -3.19. The Bertz CT molecular complexity index is 990. The highest BCUT2D eigenvalue weighted by Crippen LogP contribution is 2.26. The zero-order valence-corrected chi connectivity index (χ0v) is 13.9. The molecular formula is C21H16F2N2. The highest BCUT2D eigenvalue weighted by atomic mass is 19.1. The first-order valence-electron chi connectivity index (χ1n) is 7.83. The van der Waals surface area contributed by atoms with Crippen LogP contribution in [0.4, 0.5) is 8.78 Å². The quantitative estimate of drug-likeness (QED) is 0.587. The normalized spacial score (nSPS) is 11.4. The molecule has 2 nitrogen and oxygen atoms in total. The lowest BCUT2D eigenvalue weighted by Crippen LogP contribution is -1.99. The molecule has 4 heteroatoms. The molecule has 25 heavy (non-hydrogen) atoms. The molecule has 0 N–H and O–H groups in total. The average molecular weight is 334 g/mol. The molecule has 3 aromatic rings. The Morgan fingerprint density at radius 3 is 2.36 bits per heavy atom. The zero-order valence-electron chi connectivity index (χ0n) is 13.9. The van der Waals surface area contributed by atoms with E-state index in [1.165, 1.54) is 18.2 Å². The van der Waals surface area contributed by atoms with Crippen molar-refractivity contribution in [3.8, 4) is 11.8 Å². The van der Waals surface area contributed by atoms with Gasteiger partial charge in [-0.2, -0.15) is 5.26 Å². The molecule has 1 aromatic heterocycles. The SMILES string of the molecule is Cc1cc(C=C(C#N)c2ccccc2F)c(C)n1-c1ccc(F)cc1. The van der Waals surface area contributed by atoms with Crippen LogP contribution in [-0.4, -0.2) is 4.57 Å². The minimum absolute atomic E-state index is 0.262. The van der Waals surface area contributed by atoms with Crippen LogP contribution in [0.25, 0.3) is 17.3 Å². The first-order valence-corrected chi connectivity index (χ1v) is 7.83. The summed E-state index contributed by atoms with van der Waals surface area (Å²) >= 11 is 0. The molecule has 0 bridgehead atoms. The van der Waals surface area contributed by atoms with E-state index in [4.69, 9.17) is 0 Å². The van der Waals surface area contributed by atoms with Crippen molar-refractivity contribution in [2.24, 2.45) is 0 Å². The van der Waals surface area contributed by atoms with Gasteiger partial charge in [0.2, 0.25) is 0 Å². The second-order valence-corrected chi connectivity index (χ2v) is 5.79. The lowest BCUT2D eigenvalue weighted by atomic mass is 10.0. The fourth-order valence-corrected chi connectivity index (χ4v) is 2.93. The Balaban J connectivity index is 2.10. The second-order valence-electron chi connectivity index (χ2n) is 5.79. The number of rotatable bonds is 3. The van der Waals surface area contributed by atoms with Crippen molar-refractivity contribution in [1.82, 2.24) is 4.57 Å². The molecule has 0 radical (unpaired) electrons. The lowest BCUT2D eigenvalue weighted by molar-refractivity contribution is 0.624. The molecule has 0 aliphatic rings. The van der Waals surface area contributed by atoms with E-state index in [9.17, 15) is 14.0 Å². The van der Waals surface area contributed by atoms with Crippen LogP contribution >= 0.6 is 0 Å². The predicted octanol–water partition coefficient (Wildman–Crippen LogP) is 5.44. The van der Waals surface area contributed by atoms with Crippen molar-refractivity contribution in [3.63, 3.8) is 0 Å².